The van der Waals surface area contributed by atoms with Gasteiger partial charge >= 0.3 is 0 Å². The second-order valence-corrected chi connectivity index (χ2v) is 6.83. The lowest BCUT2D eigenvalue weighted by molar-refractivity contribution is 0.0689. The Balaban J connectivity index is 2.49. The topological polar surface area (TPSA) is 69.4 Å². The Labute approximate surface area is 92.1 Å². The Bertz CT molecular complexity index is 289. The Morgan fingerprint density at radius 3 is 2.60 bits per heavy atom. The van der Waals surface area contributed by atoms with Crippen LogP contribution in [-0.4, -0.2) is 38.2 Å². The van der Waals surface area contributed by atoms with Crippen molar-refractivity contribution in [2.24, 2.45) is 5.73 Å². The van der Waals surface area contributed by atoms with E-state index in [1.807, 2.05) is 6.92 Å². The summed E-state index contributed by atoms with van der Waals surface area (Å²) in [6.45, 7) is 4.12. The highest BCUT2D eigenvalue weighted by atomic mass is 32.2. The zero-order valence-corrected chi connectivity index (χ0v) is 10.3. The number of hydrogen-bond donors (Lipinski definition) is 1. The van der Waals surface area contributed by atoms with Gasteiger partial charge in [-0.3, -0.25) is 0 Å². The van der Waals surface area contributed by atoms with Crippen LogP contribution in [0.2, 0.25) is 0 Å². The zero-order valence-electron chi connectivity index (χ0n) is 9.48. The van der Waals surface area contributed by atoms with Gasteiger partial charge in [-0.15, -0.1) is 0 Å². The second kappa shape index (κ2) is 5.27. The molecular formula is C10H21NO3S. The third-order valence-electron chi connectivity index (χ3n) is 2.92. The number of hydrogen-bond acceptors (Lipinski definition) is 4. The number of rotatable bonds is 5. The molecule has 1 aliphatic heterocycles. The molecule has 0 radical (unpaired) electrons. The van der Waals surface area contributed by atoms with Crippen molar-refractivity contribution in [1.82, 2.24) is 0 Å². The summed E-state index contributed by atoms with van der Waals surface area (Å²) in [7, 11) is -3.03. The minimum Gasteiger partial charge on any atom is -0.374 e. The molecule has 3 unspecified atom stereocenters. The Hall–Kier alpha value is -0.130. The fraction of sp³-hybridized carbons (Fsp3) is 1.00. The minimum absolute atomic E-state index is 0.106. The van der Waals surface area contributed by atoms with E-state index in [9.17, 15) is 8.42 Å². The monoisotopic (exact) mass is 235 g/mol. The van der Waals surface area contributed by atoms with Crippen molar-refractivity contribution in [3.63, 3.8) is 0 Å². The van der Waals surface area contributed by atoms with Crippen molar-refractivity contribution < 1.29 is 13.2 Å². The highest BCUT2D eigenvalue weighted by Crippen LogP contribution is 2.22. The third kappa shape index (κ3) is 3.74. The molecule has 90 valence electrons. The van der Waals surface area contributed by atoms with Gasteiger partial charge in [-0.25, -0.2) is 8.42 Å². The molecule has 3 atom stereocenters. The van der Waals surface area contributed by atoms with Gasteiger partial charge in [-0.2, -0.15) is 0 Å². The van der Waals surface area contributed by atoms with E-state index < -0.39 is 9.84 Å². The predicted molar refractivity (Wildman–Crippen MR) is 60.5 cm³/mol. The molecule has 1 heterocycles. The van der Waals surface area contributed by atoms with Crippen molar-refractivity contribution in [1.29, 1.82) is 0 Å². The van der Waals surface area contributed by atoms with Gasteiger partial charge in [0.25, 0.3) is 0 Å². The molecule has 1 fully saturated rings. The molecule has 0 aromatic carbocycles. The first-order chi connectivity index (χ1) is 6.95. The van der Waals surface area contributed by atoms with Gasteiger partial charge in [0, 0.05) is 0 Å². The minimum atomic E-state index is -3.03. The Kier molecular flexibility index (Phi) is 4.55. The van der Waals surface area contributed by atoms with Crippen molar-refractivity contribution in [3.8, 4) is 0 Å². The number of sulfone groups is 1. The fourth-order valence-corrected chi connectivity index (χ4v) is 3.43. The van der Waals surface area contributed by atoms with Gasteiger partial charge in [0.1, 0.15) is 0 Å². The maximum absolute atomic E-state index is 11.8. The van der Waals surface area contributed by atoms with E-state index in [2.05, 4.69) is 0 Å². The highest BCUT2D eigenvalue weighted by Gasteiger charge is 2.29. The van der Waals surface area contributed by atoms with Gasteiger partial charge < -0.3 is 10.5 Å². The largest absolute Gasteiger partial charge is 0.374 e. The molecule has 1 aliphatic rings. The van der Waals surface area contributed by atoms with Crippen molar-refractivity contribution in [3.05, 3.63) is 0 Å². The van der Waals surface area contributed by atoms with Gasteiger partial charge in [0.05, 0.1) is 23.2 Å². The molecule has 0 aliphatic carbocycles. The first-order valence-electron chi connectivity index (χ1n) is 5.53. The van der Waals surface area contributed by atoms with Crippen LogP contribution in [0.25, 0.3) is 0 Å². The normalized spacial score (nSPS) is 29.3. The van der Waals surface area contributed by atoms with Gasteiger partial charge in [-0.1, -0.05) is 0 Å². The lowest BCUT2D eigenvalue weighted by atomic mass is 10.2. The van der Waals surface area contributed by atoms with E-state index in [-0.39, 0.29) is 23.2 Å². The summed E-state index contributed by atoms with van der Waals surface area (Å²) in [6, 6.07) is 0. The maximum Gasteiger partial charge on any atom is 0.155 e. The van der Waals surface area contributed by atoms with E-state index in [0.29, 0.717) is 13.0 Å². The van der Waals surface area contributed by atoms with Crippen LogP contribution >= 0.6 is 0 Å². The molecule has 2 N–H and O–H groups in total. The Morgan fingerprint density at radius 1 is 1.47 bits per heavy atom. The summed E-state index contributed by atoms with van der Waals surface area (Å²) < 4.78 is 29.2. The predicted octanol–water partition coefficient (Wildman–Crippen LogP) is 0.706. The SMILES string of the molecule is CC1CCC(CS(=O)(=O)C(C)CCN)O1. The van der Waals surface area contributed by atoms with Crippen molar-refractivity contribution in [2.75, 3.05) is 12.3 Å². The van der Waals surface area contributed by atoms with Crippen molar-refractivity contribution >= 4 is 9.84 Å². The molecule has 0 bridgehead atoms. The maximum atomic E-state index is 11.8. The molecule has 0 amide bonds. The van der Waals surface area contributed by atoms with Gasteiger partial charge in [-0.05, 0) is 39.7 Å². The van der Waals surface area contributed by atoms with Crippen LogP contribution < -0.4 is 5.73 Å². The van der Waals surface area contributed by atoms with Gasteiger partial charge in [0.2, 0.25) is 0 Å². The average Bonchev–Trinajstić information content (AvgIpc) is 2.50. The van der Waals surface area contributed by atoms with E-state index in [1.165, 1.54) is 0 Å². The molecule has 1 rings (SSSR count). The van der Waals surface area contributed by atoms with Crippen LogP contribution in [0.5, 0.6) is 0 Å². The smallest absolute Gasteiger partial charge is 0.155 e. The van der Waals surface area contributed by atoms with E-state index in [0.717, 1.165) is 12.8 Å². The summed E-state index contributed by atoms with van der Waals surface area (Å²) in [5.41, 5.74) is 5.36. The van der Waals surface area contributed by atoms with Crippen LogP contribution in [0.15, 0.2) is 0 Å². The summed E-state index contributed by atoms with van der Waals surface area (Å²) in [6.07, 6.45) is 2.45. The third-order valence-corrected chi connectivity index (χ3v) is 5.22. The van der Waals surface area contributed by atoms with Gasteiger partial charge in [0.15, 0.2) is 9.84 Å². The number of ether oxygens (including phenoxy) is 1. The quantitative estimate of drug-likeness (QED) is 0.762. The lowest BCUT2D eigenvalue weighted by Crippen LogP contribution is -2.30. The molecule has 0 saturated carbocycles. The van der Waals surface area contributed by atoms with Crippen LogP contribution in [0.4, 0.5) is 0 Å². The molecule has 5 heteroatoms. The fourth-order valence-electron chi connectivity index (χ4n) is 1.85. The van der Waals surface area contributed by atoms with Crippen molar-refractivity contribution in [2.45, 2.75) is 50.6 Å². The summed E-state index contributed by atoms with van der Waals surface area (Å²) in [5, 5.41) is -0.345. The van der Waals surface area contributed by atoms with Crippen LogP contribution in [0.3, 0.4) is 0 Å². The first-order valence-corrected chi connectivity index (χ1v) is 7.24. The molecule has 0 aromatic rings. The van der Waals surface area contributed by atoms with Crippen LogP contribution in [0.1, 0.15) is 33.1 Å². The number of nitrogens with two attached hydrogens (primary N) is 1. The molecule has 15 heavy (non-hydrogen) atoms. The molecule has 0 aromatic heterocycles. The van der Waals surface area contributed by atoms with E-state index >= 15 is 0 Å². The lowest BCUT2D eigenvalue weighted by Gasteiger charge is -2.15. The molecule has 0 spiro atoms. The second-order valence-electron chi connectivity index (χ2n) is 4.36. The molecule has 1 saturated heterocycles. The van der Waals surface area contributed by atoms with E-state index in [1.54, 1.807) is 6.92 Å². The van der Waals surface area contributed by atoms with Crippen LogP contribution in [0, 0.1) is 0 Å². The highest BCUT2D eigenvalue weighted by molar-refractivity contribution is 7.92. The summed E-state index contributed by atoms with van der Waals surface area (Å²) >= 11 is 0. The first kappa shape index (κ1) is 12.9. The van der Waals surface area contributed by atoms with E-state index in [4.69, 9.17) is 10.5 Å². The summed E-state index contributed by atoms with van der Waals surface area (Å²) in [4.78, 5) is 0. The summed E-state index contributed by atoms with van der Waals surface area (Å²) in [5.74, 6) is 0.151. The molecule has 4 nitrogen and oxygen atoms in total. The van der Waals surface area contributed by atoms with Crippen LogP contribution in [-0.2, 0) is 14.6 Å². The zero-order chi connectivity index (χ0) is 11.5. The molecular weight excluding hydrogens is 214 g/mol. The standard InChI is InChI=1S/C10H21NO3S/c1-8-3-4-10(14-8)7-15(12,13)9(2)5-6-11/h8-10H,3-7,11H2,1-2H3. The Morgan fingerprint density at radius 2 is 2.13 bits per heavy atom. The average molecular weight is 235 g/mol.